The molecule has 8 rings (SSSR count). The predicted molar refractivity (Wildman–Crippen MR) is 200 cm³/mol. The third-order valence-corrected chi connectivity index (χ3v) is 9.42. The first-order valence-electron chi connectivity index (χ1n) is 16.4. The van der Waals surface area contributed by atoms with Gasteiger partial charge in [-0.15, -0.1) is 0 Å². The number of pyridine rings is 1. The summed E-state index contributed by atoms with van der Waals surface area (Å²) in [6, 6.07) is 21.8. The van der Waals surface area contributed by atoms with Crippen molar-refractivity contribution in [1.82, 2.24) is 19.7 Å². The van der Waals surface area contributed by atoms with E-state index in [-0.39, 0.29) is 6.79 Å². The van der Waals surface area contributed by atoms with Gasteiger partial charge in [0.25, 0.3) is 0 Å². The lowest BCUT2D eigenvalue weighted by molar-refractivity contribution is 0.0126. The first-order valence-corrected chi connectivity index (χ1v) is 17.2. The molecule has 4 aliphatic rings. The number of likely N-dealkylation sites (N-methyl/N-ethyl adjacent to an activating group) is 2. The number of nitrogens with zero attached hydrogens (tertiary/aromatic N) is 5. The number of ether oxygens (including phenoxy) is 2. The molecule has 12 heteroatoms. The normalized spacial score (nSPS) is 17.8. The van der Waals surface area contributed by atoms with E-state index in [0.29, 0.717) is 10.0 Å². The van der Waals surface area contributed by atoms with Crippen LogP contribution in [-0.2, 0) is 12.8 Å². The van der Waals surface area contributed by atoms with E-state index < -0.39 is 6.23 Å². The summed E-state index contributed by atoms with van der Waals surface area (Å²) in [5.74, 6) is 2.57. The molecule has 3 aromatic carbocycles. The molecule has 5 heterocycles. The van der Waals surface area contributed by atoms with Gasteiger partial charge in [-0.2, -0.15) is 0 Å². The van der Waals surface area contributed by atoms with Gasteiger partial charge in [-0.25, -0.2) is 4.99 Å². The second-order valence-corrected chi connectivity index (χ2v) is 13.2. The molecule has 0 radical (unpaired) electrons. The molecule has 1 unspecified atom stereocenters. The third kappa shape index (κ3) is 8.14. The Kier molecular flexibility index (Phi) is 11.0. The van der Waals surface area contributed by atoms with E-state index in [2.05, 4.69) is 45.3 Å². The van der Waals surface area contributed by atoms with E-state index >= 15 is 0 Å². The van der Waals surface area contributed by atoms with Gasteiger partial charge in [0.2, 0.25) is 6.79 Å². The number of anilines is 2. The number of amidine groups is 1. The Bertz CT molecular complexity index is 1850. The summed E-state index contributed by atoms with van der Waals surface area (Å²) in [5.41, 5.74) is 13.6. The summed E-state index contributed by atoms with van der Waals surface area (Å²) < 4.78 is 10.6. The SMILES string of the molecule is CCc1cc(C(N)=S)ccn1.CN1CCN(C2=Nc3cc(Cl)ccc3Nc3ccccc32)CC1.CN1CCc2cc3c(cc2C1O)OCO3. The molecule has 1 fully saturated rings. The summed E-state index contributed by atoms with van der Waals surface area (Å²) in [6.07, 6.45) is 3.06. The van der Waals surface area contributed by atoms with Crippen LogP contribution in [0.3, 0.4) is 0 Å². The van der Waals surface area contributed by atoms with Gasteiger partial charge in [-0.3, -0.25) is 9.88 Å². The van der Waals surface area contributed by atoms with Gasteiger partial charge in [-0.05, 0) is 87.1 Å². The van der Waals surface area contributed by atoms with Crippen LogP contribution in [0.25, 0.3) is 0 Å². The Balaban J connectivity index is 0.000000138. The first-order chi connectivity index (χ1) is 23.7. The highest BCUT2D eigenvalue weighted by molar-refractivity contribution is 7.80. The summed E-state index contributed by atoms with van der Waals surface area (Å²) in [6.45, 7) is 7.27. The van der Waals surface area contributed by atoms with Crippen LogP contribution >= 0.6 is 23.8 Å². The molecule has 0 saturated carbocycles. The topological polar surface area (TPSA) is 112 Å². The number of aryl methyl sites for hydroxylation is 1. The minimum atomic E-state index is -0.525. The number of halogens is 1. The van der Waals surface area contributed by atoms with Gasteiger partial charge < -0.3 is 35.4 Å². The molecule has 0 aliphatic carbocycles. The summed E-state index contributed by atoms with van der Waals surface area (Å²) in [4.78, 5) is 16.2. The number of hydrogen-bond acceptors (Lipinski definition) is 10. The van der Waals surface area contributed by atoms with Crippen molar-refractivity contribution < 1.29 is 14.6 Å². The monoisotopic (exact) mass is 699 g/mol. The summed E-state index contributed by atoms with van der Waals surface area (Å²) in [7, 11) is 4.08. The van der Waals surface area contributed by atoms with Crippen LogP contribution in [0.15, 0.2) is 77.9 Å². The number of benzene rings is 3. The molecule has 1 saturated heterocycles. The van der Waals surface area contributed by atoms with Crippen molar-refractivity contribution in [2.24, 2.45) is 10.7 Å². The average molecular weight is 700 g/mol. The standard InChI is InChI=1S/C18H19ClN4.C11H13NO3.C8H10N2S/c1-22-8-10-23(11-9-22)18-14-4-2-3-5-15(14)20-16-7-6-13(19)12-17(16)21-18;1-12-3-2-7-4-9-10(15-6-14-9)5-8(7)11(12)13;1-2-7-5-6(8(9)11)3-4-10-7/h2-7,12,20H,8-11H2,1H3;4-5,11,13H,2-3,6H2,1H3;3-5H,2H2,1H3,(H2,9,11). The minimum Gasteiger partial charge on any atom is -0.454 e. The summed E-state index contributed by atoms with van der Waals surface area (Å²) >= 11 is 11.0. The van der Waals surface area contributed by atoms with E-state index in [9.17, 15) is 5.11 Å². The largest absolute Gasteiger partial charge is 0.454 e. The Hall–Kier alpha value is -4.26. The van der Waals surface area contributed by atoms with Crippen LogP contribution in [0, 0.1) is 0 Å². The van der Waals surface area contributed by atoms with Crippen LogP contribution in [0.1, 0.15) is 41.1 Å². The van der Waals surface area contributed by atoms with Gasteiger partial charge in [0.15, 0.2) is 11.5 Å². The first kappa shape index (κ1) is 34.6. The lowest BCUT2D eigenvalue weighted by Crippen LogP contribution is -2.47. The molecule has 4 aromatic rings. The van der Waals surface area contributed by atoms with E-state index in [1.54, 1.807) is 6.20 Å². The number of aliphatic imine (C=N–C) groups is 1. The predicted octanol–water partition coefficient (Wildman–Crippen LogP) is 5.90. The Morgan fingerprint density at radius 1 is 0.980 bits per heavy atom. The van der Waals surface area contributed by atoms with E-state index in [1.807, 2.05) is 67.4 Å². The number of nitrogens with one attached hydrogen (secondary N) is 1. The molecule has 1 atom stereocenters. The lowest BCUT2D eigenvalue weighted by Gasteiger charge is -2.34. The number of para-hydroxylation sites is 1. The molecular formula is C37H42ClN7O3S. The van der Waals surface area contributed by atoms with Crippen molar-refractivity contribution >= 4 is 51.7 Å². The fraction of sp³-hybridized carbons (Fsp3) is 0.324. The highest BCUT2D eigenvalue weighted by Gasteiger charge is 2.27. The van der Waals surface area contributed by atoms with Gasteiger partial charge in [-0.1, -0.05) is 42.9 Å². The Morgan fingerprint density at radius 3 is 2.49 bits per heavy atom. The average Bonchev–Trinajstić information content (AvgIpc) is 3.51. The molecule has 0 amide bonds. The van der Waals surface area contributed by atoms with Crippen LogP contribution in [0.4, 0.5) is 17.1 Å². The van der Waals surface area contributed by atoms with E-state index in [1.165, 1.54) is 0 Å². The van der Waals surface area contributed by atoms with Crippen molar-refractivity contribution in [3.8, 4) is 11.5 Å². The van der Waals surface area contributed by atoms with E-state index in [4.69, 9.17) is 44.0 Å². The number of fused-ring (bicyclic) bond motifs is 4. The third-order valence-electron chi connectivity index (χ3n) is 8.95. The molecule has 49 heavy (non-hydrogen) atoms. The number of aliphatic hydroxyl groups excluding tert-OH is 1. The molecule has 0 bridgehead atoms. The number of rotatable bonds is 2. The van der Waals surface area contributed by atoms with Crippen LogP contribution in [0.2, 0.25) is 5.02 Å². The van der Waals surface area contributed by atoms with Gasteiger partial charge in [0, 0.05) is 72.0 Å². The maximum atomic E-state index is 9.99. The maximum absolute atomic E-state index is 9.99. The second kappa shape index (κ2) is 15.5. The zero-order valence-electron chi connectivity index (χ0n) is 28.0. The molecule has 4 N–H and O–H groups in total. The number of hydrogen-bond donors (Lipinski definition) is 3. The maximum Gasteiger partial charge on any atom is 0.231 e. The minimum absolute atomic E-state index is 0.282. The van der Waals surface area contributed by atoms with Gasteiger partial charge in [0.05, 0.1) is 11.4 Å². The quantitative estimate of drug-likeness (QED) is 0.219. The Labute approximate surface area is 298 Å². The molecule has 0 spiro atoms. The van der Waals surface area contributed by atoms with Gasteiger partial charge >= 0.3 is 0 Å². The second-order valence-electron chi connectivity index (χ2n) is 12.3. The van der Waals surface area contributed by atoms with Crippen molar-refractivity contribution in [1.29, 1.82) is 0 Å². The van der Waals surface area contributed by atoms with Crippen molar-refractivity contribution in [2.45, 2.75) is 26.0 Å². The van der Waals surface area contributed by atoms with E-state index in [0.717, 1.165) is 108 Å². The van der Waals surface area contributed by atoms with Crippen LogP contribution in [-0.4, -0.2) is 89.2 Å². The van der Waals surface area contributed by atoms with Crippen molar-refractivity contribution in [3.63, 3.8) is 0 Å². The fourth-order valence-electron chi connectivity index (χ4n) is 6.01. The smallest absolute Gasteiger partial charge is 0.231 e. The van der Waals surface area contributed by atoms with Crippen molar-refractivity contribution in [2.75, 3.05) is 58.9 Å². The number of piperazine rings is 1. The van der Waals surface area contributed by atoms with Crippen LogP contribution < -0.4 is 20.5 Å². The number of aliphatic hydroxyl groups is 1. The highest BCUT2D eigenvalue weighted by Crippen LogP contribution is 2.39. The van der Waals surface area contributed by atoms with Crippen LogP contribution in [0.5, 0.6) is 11.5 Å². The molecule has 256 valence electrons. The van der Waals surface area contributed by atoms with Crippen molar-refractivity contribution in [3.05, 3.63) is 106 Å². The molecule has 4 aliphatic heterocycles. The number of aromatic nitrogens is 1. The summed E-state index contributed by atoms with van der Waals surface area (Å²) in [5, 5.41) is 14.2. The Morgan fingerprint density at radius 2 is 1.73 bits per heavy atom. The number of nitrogens with two attached hydrogens (primary N) is 1. The highest BCUT2D eigenvalue weighted by atomic mass is 35.5. The zero-order valence-corrected chi connectivity index (χ0v) is 29.6. The number of thiocarbonyl (C=S) groups is 1. The molecular weight excluding hydrogens is 658 g/mol. The fourth-order valence-corrected chi connectivity index (χ4v) is 6.30. The lowest BCUT2D eigenvalue weighted by atomic mass is 9.98. The van der Waals surface area contributed by atoms with Gasteiger partial charge in [0.1, 0.15) is 17.1 Å². The molecule has 10 nitrogen and oxygen atoms in total. The molecule has 1 aromatic heterocycles. The zero-order chi connectivity index (χ0) is 34.5.